The summed E-state index contributed by atoms with van der Waals surface area (Å²) in [4.78, 5) is 16.7. The third-order valence-corrected chi connectivity index (χ3v) is 5.17. The average molecular weight is 325 g/mol. The molecule has 2 fully saturated rings. The summed E-state index contributed by atoms with van der Waals surface area (Å²) < 4.78 is 7.86. The van der Waals surface area contributed by atoms with Crippen molar-refractivity contribution in [1.82, 2.24) is 14.9 Å². The van der Waals surface area contributed by atoms with Gasteiger partial charge in [0.25, 0.3) is 0 Å². The number of carbonyl (C=O) groups is 1. The van der Waals surface area contributed by atoms with E-state index < -0.39 is 0 Å². The number of aromatic nitrogens is 2. The Morgan fingerprint density at radius 3 is 2.88 bits per heavy atom. The van der Waals surface area contributed by atoms with Crippen LogP contribution < -0.4 is 5.32 Å². The fraction of sp³-hybridized carbons (Fsp3) is 0.474. The molecule has 1 aromatic heterocycles. The second-order valence-electron chi connectivity index (χ2n) is 6.88. The molecule has 1 amide bonds. The van der Waals surface area contributed by atoms with E-state index in [1.54, 1.807) is 6.33 Å². The monoisotopic (exact) mass is 325 g/mol. The van der Waals surface area contributed by atoms with Crippen LogP contribution in [0.1, 0.15) is 42.5 Å². The summed E-state index contributed by atoms with van der Waals surface area (Å²) in [6.07, 6.45) is 6.30. The molecule has 0 bridgehead atoms. The maximum atomic E-state index is 12.5. The highest BCUT2D eigenvalue weighted by molar-refractivity contribution is 5.83. The van der Waals surface area contributed by atoms with Crippen LogP contribution in [0.2, 0.25) is 0 Å². The number of ether oxygens (including phenoxy) is 1. The molecule has 24 heavy (non-hydrogen) atoms. The quantitative estimate of drug-likeness (QED) is 0.940. The van der Waals surface area contributed by atoms with Gasteiger partial charge in [0.05, 0.1) is 18.2 Å². The summed E-state index contributed by atoms with van der Waals surface area (Å²) >= 11 is 0. The molecule has 0 radical (unpaired) electrons. The molecule has 2 aromatic rings. The van der Waals surface area contributed by atoms with Gasteiger partial charge in [-0.15, -0.1) is 0 Å². The van der Waals surface area contributed by atoms with Crippen LogP contribution in [0.15, 0.2) is 42.9 Å². The van der Waals surface area contributed by atoms with E-state index in [2.05, 4.69) is 22.4 Å². The minimum absolute atomic E-state index is 0.0145. The van der Waals surface area contributed by atoms with Crippen LogP contribution in [0.4, 0.5) is 0 Å². The van der Waals surface area contributed by atoms with Crippen LogP contribution in [-0.2, 0) is 16.6 Å². The third-order valence-electron chi connectivity index (χ3n) is 5.17. The SMILES string of the molecule is Cn1cncc1C1CC(NC(=O)C2CC2c2ccccc2)CCO1. The summed E-state index contributed by atoms with van der Waals surface area (Å²) in [6, 6.07) is 10.5. The van der Waals surface area contributed by atoms with Crippen molar-refractivity contribution in [3.8, 4) is 0 Å². The number of benzene rings is 1. The van der Waals surface area contributed by atoms with Crippen molar-refractivity contribution < 1.29 is 9.53 Å². The Kier molecular flexibility index (Phi) is 4.10. The number of amides is 1. The molecule has 1 N–H and O–H groups in total. The van der Waals surface area contributed by atoms with Gasteiger partial charge in [0.15, 0.2) is 0 Å². The van der Waals surface area contributed by atoms with E-state index in [-0.39, 0.29) is 24.0 Å². The van der Waals surface area contributed by atoms with E-state index in [0.717, 1.165) is 25.0 Å². The summed E-state index contributed by atoms with van der Waals surface area (Å²) in [5.41, 5.74) is 2.35. The topological polar surface area (TPSA) is 56.2 Å². The number of hydrogen-bond acceptors (Lipinski definition) is 3. The molecule has 5 heteroatoms. The zero-order chi connectivity index (χ0) is 16.5. The largest absolute Gasteiger partial charge is 0.372 e. The fourth-order valence-electron chi connectivity index (χ4n) is 3.67. The van der Waals surface area contributed by atoms with E-state index in [4.69, 9.17) is 4.74 Å². The van der Waals surface area contributed by atoms with E-state index in [1.165, 1.54) is 5.56 Å². The molecule has 126 valence electrons. The van der Waals surface area contributed by atoms with Crippen LogP contribution in [0.25, 0.3) is 0 Å². The predicted octanol–water partition coefficient (Wildman–Crippen LogP) is 2.56. The Balaban J connectivity index is 1.34. The number of carbonyl (C=O) groups excluding carboxylic acids is 1. The Morgan fingerprint density at radius 1 is 1.29 bits per heavy atom. The van der Waals surface area contributed by atoms with Gasteiger partial charge in [-0.25, -0.2) is 4.98 Å². The highest BCUT2D eigenvalue weighted by atomic mass is 16.5. The van der Waals surface area contributed by atoms with E-state index >= 15 is 0 Å². The van der Waals surface area contributed by atoms with Gasteiger partial charge in [-0.05, 0) is 30.7 Å². The first-order chi connectivity index (χ1) is 11.7. The van der Waals surface area contributed by atoms with Crippen molar-refractivity contribution in [3.63, 3.8) is 0 Å². The van der Waals surface area contributed by atoms with E-state index in [1.807, 2.05) is 36.0 Å². The van der Waals surface area contributed by atoms with Gasteiger partial charge in [-0.1, -0.05) is 30.3 Å². The Labute approximate surface area is 142 Å². The molecule has 0 spiro atoms. The van der Waals surface area contributed by atoms with Gasteiger partial charge in [-0.3, -0.25) is 4.79 Å². The maximum absolute atomic E-state index is 12.5. The molecular weight excluding hydrogens is 302 g/mol. The highest BCUT2D eigenvalue weighted by Gasteiger charge is 2.44. The van der Waals surface area contributed by atoms with E-state index in [9.17, 15) is 4.79 Å². The minimum atomic E-state index is 0.0145. The van der Waals surface area contributed by atoms with Crippen molar-refractivity contribution >= 4 is 5.91 Å². The Hall–Kier alpha value is -2.14. The Bertz CT molecular complexity index is 712. The Morgan fingerprint density at radius 2 is 2.12 bits per heavy atom. The third kappa shape index (κ3) is 3.08. The number of hydrogen-bond donors (Lipinski definition) is 1. The molecule has 1 saturated carbocycles. The zero-order valence-electron chi connectivity index (χ0n) is 13.9. The van der Waals surface area contributed by atoms with Crippen molar-refractivity contribution in [3.05, 3.63) is 54.1 Å². The van der Waals surface area contributed by atoms with Crippen LogP contribution in [0.3, 0.4) is 0 Å². The summed E-state index contributed by atoms with van der Waals surface area (Å²) in [5, 5.41) is 3.24. The zero-order valence-corrected chi connectivity index (χ0v) is 13.9. The lowest BCUT2D eigenvalue weighted by Crippen LogP contribution is -2.41. The first kappa shape index (κ1) is 15.4. The second kappa shape index (κ2) is 6.40. The second-order valence-corrected chi connectivity index (χ2v) is 6.88. The van der Waals surface area contributed by atoms with Crippen LogP contribution in [0, 0.1) is 5.92 Å². The first-order valence-corrected chi connectivity index (χ1v) is 8.65. The van der Waals surface area contributed by atoms with Crippen LogP contribution in [0.5, 0.6) is 0 Å². The normalized spacial score (nSPS) is 29.2. The van der Waals surface area contributed by atoms with Crippen molar-refractivity contribution in [1.29, 1.82) is 0 Å². The molecule has 4 unspecified atom stereocenters. The molecule has 1 aromatic carbocycles. The lowest BCUT2D eigenvalue weighted by Gasteiger charge is -2.30. The molecule has 4 atom stereocenters. The number of rotatable bonds is 4. The van der Waals surface area contributed by atoms with Gasteiger partial charge >= 0.3 is 0 Å². The molecule has 2 aliphatic rings. The fourth-order valence-corrected chi connectivity index (χ4v) is 3.67. The maximum Gasteiger partial charge on any atom is 0.223 e. The smallest absolute Gasteiger partial charge is 0.223 e. The number of aryl methyl sites for hydroxylation is 1. The lowest BCUT2D eigenvalue weighted by molar-refractivity contribution is -0.124. The van der Waals surface area contributed by atoms with Crippen molar-refractivity contribution in [2.24, 2.45) is 13.0 Å². The molecular formula is C19H23N3O2. The van der Waals surface area contributed by atoms with Gasteiger partial charge in [0.2, 0.25) is 5.91 Å². The van der Waals surface area contributed by atoms with E-state index in [0.29, 0.717) is 12.5 Å². The summed E-state index contributed by atoms with van der Waals surface area (Å²) in [5.74, 6) is 0.712. The van der Waals surface area contributed by atoms with Gasteiger partial charge < -0.3 is 14.6 Å². The summed E-state index contributed by atoms with van der Waals surface area (Å²) in [7, 11) is 1.97. The average Bonchev–Trinajstić information content (AvgIpc) is 3.30. The molecule has 4 rings (SSSR count). The molecule has 1 aliphatic carbocycles. The molecule has 1 aliphatic heterocycles. The standard InChI is InChI=1S/C19H23N3O2/c1-22-12-20-11-17(22)18-9-14(7-8-24-18)21-19(23)16-10-15(16)13-5-3-2-4-6-13/h2-6,11-12,14-16,18H,7-10H2,1H3,(H,21,23). The van der Waals surface area contributed by atoms with Crippen molar-refractivity contribution in [2.45, 2.75) is 37.3 Å². The number of nitrogens with one attached hydrogen (secondary N) is 1. The first-order valence-electron chi connectivity index (χ1n) is 8.65. The number of nitrogens with zero attached hydrogens (tertiary/aromatic N) is 2. The molecule has 2 heterocycles. The van der Waals surface area contributed by atoms with Crippen molar-refractivity contribution in [2.75, 3.05) is 6.61 Å². The van der Waals surface area contributed by atoms with Gasteiger partial charge in [0.1, 0.15) is 6.10 Å². The van der Waals surface area contributed by atoms with Crippen LogP contribution >= 0.6 is 0 Å². The predicted molar refractivity (Wildman–Crippen MR) is 90.4 cm³/mol. The lowest BCUT2D eigenvalue weighted by atomic mass is 10.0. The number of imidazole rings is 1. The van der Waals surface area contributed by atoms with Gasteiger partial charge in [-0.2, -0.15) is 0 Å². The molecule has 1 saturated heterocycles. The highest BCUT2D eigenvalue weighted by Crippen LogP contribution is 2.47. The summed E-state index contributed by atoms with van der Waals surface area (Å²) in [6.45, 7) is 0.674. The van der Waals surface area contributed by atoms with Gasteiger partial charge in [0, 0.05) is 25.6 Å². The van der Waals surface area contributed by atoms with Crippen LogP contribution in [-0.4, -0.2) is 28.1 Å². The molecule has 5 nitrogen and oxygen atoms in total. The minimum Gasteiger partial charge on any atom is -0.372 e.